The Bertz CT molecular complexity index is 827. The standard InChI is InChI=1S/C14H7Cl3N2O/c15-9-2-4-13-18-14(12(7-20)19(13)6-9)8-1-3-10(16)11(17)5-8/h1-7H. The number of fused-ring (bicyclic) bond motifs is 1. The average Bonchev–Trinajstić information content (AvgIpc) is 2.79. The summed E-state index contributed by atoms with van der Waals surface area (Å²) >= 11 is 17.8. The van der Waals surface area contributed by atoms with E-state index in [9.17, 15) is 4.79 Å². The van der Waals surface area contributed by atoms with Gasteiger partial charge in [0, 0.05) is 11.8 Å². The third-order valence-corrected chi connectivity index (χ3v) is 3.89. The summed E-state index contributed by atoms with van der Waals surface area (Å²) in [4.78, 5) is 15.8. The van der Waals surface area contributed by atoms with Crippen LogP contribution < -0.4 is 0 Å². The van der Waals surface area contributed by atoms with E-state index >= 15 is 0 Å². The van der Waals surface area contributed by atoms with E-state index in [1.165, 1.54) is 0 Å². The van der Waals surface area contributed by atoms with Gasteiger partial charge in [-0.3, -0.25) is 9.20 Å². The van der Waals surface area contributed by atoms with Gasteiger partial charge in [0.1, 0.15) is 17.0 Å². The van der Waals surface area contributed by atoms with E-state index in [0.717, 1.165) is 11.8 Å². The molecule has 0 spiro atoms. The van der Waals surface area contributed by atoms with Gasteiger partial charge in [0.15, 0.2) is 6.29 Å². The fourth-order valence-electron chi connectivity index (χ4n) is 2.01. The van der Waals surface area contributed by atoms with Crippen LogP contribution in [-0.4, -0.2) is 15.7 Å². The van der Waals surface area contributed by atoms with Gasteiger partial charge < -0.3 is 0 Å². The first-order chi connectivity index (χ1) is 9.60. The third kappa shape index (κ3) is 2.18. The van der Waals surface area contributed by atoms with Crippen LogP contribution in [0, 0.1) is 0 Å². The summed E-state index contributed by atoms with van der Waals surface area (Å²) in [6.07, 6.45) is 2.39. The lowest BCUT2D eigenvalue weighted by Gasteiger charge is -2.01. The molecule has 0 fully saturated rings. The number of hydrogen-bond acceptors (Lipinski definition) is 2. The van der Waals surface area contributed by atoms with Crippen molar-refractivity contribution in [3.63, 3.8) is 0 Å². The minimum Gasteiger partial charge on any atom is -0.296 e. The number of rotatable bonds is 2. The predicted molar refractivity (Wildman–Crippen MR) is 81.0 cm³/mol. The monoisotopic (exact) mass is 324 g/mol. The first kappa shape index (κ1) is 13.4. The Morgan fingerprint density at radius 2 is 1.85 bits per heavy atom. The maximum Gasteiger partial charge on any atom is 0.169 e. The smallest absolute Gasteiger partial charge is 0.169 e. The summed E-state index contributed by atoms with van der Waals surface area (Å²) in [6.45, 7) is 0. The van der Waals surface area contributed by atoms with Crippen LogP contribution in [0.1, 0.15) is 10.5 Å². The van der Waals surface area contributed by atoms with Gasteiger partial charge in [-0.15, -0.1) is 0 Å². The molecule has 1 aromatic carbocycles. The highest BCUT2D eigenvalue weighted by atomic mass is 35.5. The van der Waals surface area contributed by atoms with Crippen molar-refractivity contribution in [3.05, 3.63) is 57.3 Å². The Labute approximate surface area is 129 Å². The van der Waals surface area contributed by atoms with Gasteiger partial charge in [-0.25, -0.2) is 4.98 Å². The molecule has 0 amide bonds. The topological polar surface area (TPSA) is 34.4 Å². The maximum absolute atomic E-state index is 11.4. The Kier molecular flexibility index (Phi) is 3.42. The summed E-state index contributed by atoms with van der Waals surface area (Å²) < 4.78 is 1.65. The van der Waals surface area contributed by atoms with E-state index < -0.39 is 0 Å². The number of benzene rings is 1. The number of carbonyl (C=O) groups excluding carboxylic acids is 1. The van der Waals surface area contributed by atoms with Gasteiger partial charge in [-0.05, 0) is 24.3 Å². The molecule has 0 bridgehead atoms. The van der Waals surface area contributed by atoms with Crippen molar-refractivity contribution in [1.29, 1.82) is 0 Å². The molecule has 0 saturated heterocycles. The lowest BCUT2D eigenvalue weighted by molar-refractivity contribution is 0.111. The molecule has 3 rings (SSSR count). The fraction of sp³-hybridized carbons (Fsp3) is 0. The zero-order valence-electron chi connectivity index (χ0n) is 9.98. The van der Waals surface area contributed by atoms with Crippen LogP contribution in [-0.2, 0) is 0 Å². The summed E-state index contributed by atoms with van der Waals surface area (Å²) in [7, 11) is 0. The molecule has 0 atom stereocenters. The molecule has 6 heteroatoms. The predicted octanol–water partition coefficient (Wildman–Crippen LogP) is 4.77. The van der Waals surface area contributed by atoms with E-state index in [-0.39, 0.29) is 0 Å². The quantitative estimate of drug-likeness (QED) is 0.636. The van der Waals surface area contributed by atoms with Crippen molar-refractivity contribution >= 4 is 46.7 Å². The minimum absolute atomic E-state index is 0.413. The third-order valence-electron chi connectivity index (χ3n) is 2.92. The second-order valence-corrected chi connectivity index (χ2v) is 5.42. The number of imidazole rings is 1. The van der Waals surface area contributed by atoms with E-state index in [0.29, 0.717) is 32.1 Å². The summed E-state index contributed by atoms with van der Waals surface area (Å²) in [5, 5.41) is 1.39. The molecule has 0 aliphatic carbocycles. The summed E-state index contributed by atoms with van der Waals surface area (Å²) in [5.41, 5.74) is 2.32. The zero-order chi connectivity index (χ0) is 14.3. The normalized spacial score (nSPS) is 10.9. The molecule has 0 aliphatic rings. The second-order valence-electron chi connectivity index (χ2n) is 4.17. The van der Waals surface area contributed by atoms with Crippen LogP contribution >= 0.6 is 34.8 Å². The van der Waals surface area contributed by atoms with Crippen molar-refractivity contribution in [2.75, 3.05) is 0 Å². The molecule has 0 N–H and O–H groups in total. The molecule has 3 nitrogen and oxygen atoms in total. The molecule has 100 valence electrons. The molecular formula is C14H7Cl3N2O. The van der Waals surface area contributed by atoms with Gasteiger partial charge in [0.25, 0.3) is 0 Å². The van der Waals surface area contributed by atoms with Gasteiger partial charge in [0.2, 0.25) is 0 Å². The summed E-state index contributed by atoms with van der Waals surface area (Å²) in [5.74, 6) is 0. The Hall–Kier alpha value is -1.55. The van der Waals surface area contributed by atoms with Crippen LogP contribution in [0.4, 0.5) is 0 Å². The number of aldehydes is 1. The molecule has 0 aliphatic heterocycles. The Morgan fingerprint density at radius 3 is 2.55 bits per heavy atom. The SMILES string of the molecule is O=Cc1c(-c2ccc(Cl)c(Cl)c2)nc2ccc(Cl)cn12. The van der Waals surface area contributed by atoms with Crippen molar-refractivity contribution in [3.8, 4) is 11.3 Å². The highest BCUT2D eigenvalue weighted by Gasteiger charge is 2.14. The number of pyridine rings is 1. The van der Waals surface area contributed by atoms with Crippen LogP contribution in [0.3, 0.4) is 0 Å². The van der Waals surface area contributed by atoms with Crippen LogP contribution in [0.25, 0.3) is 16.9 Å². The van der Waals surface area contributed by atoms with Gasteiger partial charge in [0.05, 0.1) is 15.1 Å². The minimum atomic E-state index is 0.413. The van der Waals surface area contributed by atoms with E-state index in [1.807, 2.05) is 0 Å². The average molecular weight is 326 g/mol. The molecule has 0 saturated carbocycles. The highest BCUT2D eigenvalue weighted by Crippen LogP contribution is 2.30. The first-order valence-electron chi connectivity index (χ1n) is 5.68. The number of halogens is 3. The molecule has 3 aromatic rings. The number of hydrogen-bond donors (Lipinski definition) is 0. The molecular weight excluding hydrogens is 319 g/mol. The fourth-order valence-corrected chi connectivity index (χ4v) is 2.46. The number of carbonyl (C=O) groups is 1. The van der Waals surface area contributed by atoms with Crippen molar-refractivity contribution in [2.24, 2.45) is 0 Å². The Balaban J connectivity index is 2.30. The lowest BCUT2D eigenvalue weighted by atomic mass is 10.1. The van der Waals surface area contributed by atoms with Crippen molar-refractivity contribution in [2.45, 2.75) is 0 Å². The number of aromatic nitrogens is 2. The van der Waals surface area contributed by atoms with Crippen LogP contribution in [0.5, 0.6) is 0 Å². The van der Waals surface area contributed by atoms with Crippen molar-refractivity contribution in [1.82, 2.24) is 9.38 Å². The zero-order valence-corrected chi connectivity index (χ0v) is 12.2. The molecule has 20 heavy (non-hydrogen) atoms. The van der Waals surface area contributed by atoms with E-state index in [1.54, 1.807) is 40.9 Å². The number of nitrogens with zero attached hydrogens (tertiary/aromatic N) is 2. The molecule has 2 heterocycles. The second kappa shape index (κ2) is 5.09. The lowest BCUT2D eigenvalue weighted by Crippen LogP contribution is -1.92. The maximum atomic E-state index is 11.4. The van der Waals surface area contributed by atoms with Crippen LogP contribution in [0.2, 0.25) is 15.1 Å². The summed E-state index contributed by atoms with van der Waals surface area (Å²) in [6, 6.07) is 8.59. The molecule has 0 radical (unpaired) electrons. The van der Waals surface area contributed by atoms with Gasteiger partial charge >= 0.3 is 0 Å². The molecule has 0 unspecified atom stereocenters. The Morgan fingerprint density at radius 1 is 1.05 bits per heavy atom. The van der Waals surface area contributed by atoms with Gasteiger partial charge in [-0.1, -0.05) is 40.9 Å². The largest absolute Gasteiger partial charge is 0.296 e. The van der Waals surface area contributed by atoms with Gasteiger partial charge in [-0.2, -0.15) is 0 Å². The van der Waals surface area contributed by atoms with E-state index in [4.69, 9.17) is 34.8 Å². The highest BCUT2D eigenvalue weighted by molar-refractivity contribution is 6.42. The molecule has 2 aromatic heterocycles. The van der Waals surface area contributed by atoms with Crippen molar-refractivity contribution < 1.29 is 4.79 Å². The van der Waals surface area contributed by atoms with E-state index in [2.05, 4.69) is 4.98 Å². The first-order valence-corrected chi connectivity index (χ1v) is 6.82. The van der Waals surface area contributed by atoms with Crippen LogP contribution in [0.15, 0.2) is 36.5 Å².